The van der Waals surface area contributed by atoms with Crippen molar-refractivity contribution in [3.63, 3.8) is 0 Å². The molecule has 1 fully saturated rings. The molecule has 2 heterocycles. The minimum absolute atomic E-state index is 0.0327. The van der Waals surface area contributed by atoms with Gasteiger partial charge in [0.1, 0.15) is 0 Å². The number of rotatable bonds is 7. The number of allylic oxidation sites excluding steroid dienone is 1. The van der Waals surface area contributed by atoms with E-state index < -0.39 is 0 Å². The second kappa shape index (κ2) is 9.79. The highest BCUT2D eigenvalue weighted by Gasteiger charge is 2.46. The number of hydrogen-bond donors (Lipinski definition) is 1. The van der Waals surface area contributed by atoms with Crippen LogP contribution in [0.4, 0.5) is 11.4 Å². The van der Waals surface area contributed by atoms with Crippen LogP contribution in [-0.2, 0) is 10.2 Å². The van der Waals surface area contributed by atoms with Gasteiger partial charge in [-0.1, -0.05) is 56.3 Å². The molecule has 4 rings (SSSR count). The van der Waals surface area contributed by atoms with E-state index in [0.717, 1.165) is 26.2 Å². The molecule has 4 heteroatoms. The second-order valence-corrected chi connectivity index (χ2v) is 8.89. The molecule has 2 aromatic carbocycles. The molecule has 1 N–H and O–H groups in total. The van der Waals surface area contributed by atoms with E-state index in [4.69, 9.17) is 4.74 Å². The Labute approximate surface area is 192 Å². The first-order chi connectivity index (χ1) is 15.6. The van der Waals surface area contributed by atoms with Crippen LogP contribution in [0.1, 0.15) is 38.8 Å². The van der Waals surface area contributed by atoms with Crippen LogP contribution >= 0.6 is 0 Å². The van der Waals surface area contributed by atoms with Gasteiger partial charge in [0.05, 0.1) is 12.6 Å². The van der Waals surface area contributed by atoms with Crippen LogP contribution in [0.3, 0.4) is 0 Å². The number of fused-ring (bicyclic) bond motifs is 1. The van der Waals surface area contributed by atoms with Crippen LogP contribution in [0.5, 0.6) is 0 Å². The average Bonchev–Trinajstić information content (AvgIpc) is 3.41. The zero-order valence-electron chi connectivity index (χ0n) is 19.7. The number of hydrogen-bond acceptors (Lipinski definition) is 4. The summed E-state index contributed by atoms with van der Waals surface area (Å²) in [5.74, 6) is 0. The van der Waals surface area contributed by atoms with Gasteiger partial charge in [0, 0.05) is 36.4 Å². The number of nitrogens with zero attached hydrogens (tertiary/aromatic N) is 2. The first kappa shape index (κ1) is 22.4. The largest absolute Gasteiger partial charge is 0.372 e. The van der Waals surface area contributed by atoms with Gasteiger partial charge in [-0.05, 0) is 55.3 Å². The Morgan fingerprint density at radius 2 is 1.88 bits per heavy atom. The third-order valence-corrected chi connectivity index (χ3v) is 6.62. The minimum atomic E-state index is -0.0964. The number of ether oxygens (including phenoxy) is 1. The van der Waals surface area contributed by atoms with Crippen LogP contribution in [0.25, 0.3) is 6.08 Å². The van der Waals surface area contributed by atoms with Crippen molar-refractivity contribution in [1.29, 1.82) is 0 Å². The third-order valence-electron chi connectivity index (χ3n) is 6.62. The SMILES string of the molecule is CCN(CC)c1ccc(C=CC=C=CC2N([C@H]3NCCO3)c3ccccc3C2(C)C)cc1. The summed E-state index contributed by atoms with van der Waals surface area (Å²) in [5.41, 5.74) is 8.44. The van der Waals surface area contributed by atoms with Crippen molar-refractivity contribution in [2.45, 2.75) is 45.5 Å². The summed E-state index contributed by atoms with van der Waals surface area (Å²) in [6, 6.07) is 17.5. The molecule has 2 aliphatic heterocycles. The Morgan fingerprint density at radius 3 is 2.56 bits per heavy atom. The van der Waals surface area contributed by atoms with Crippen molar-refractivity contribution < 1.29 is 4.74 Å². The van der Waals surface area contributed by atoms with Crippen molar-refractivity contribution in [2.75, 3.05) is 36.0 Å². The molecule has 2 atom stereocenters. The number of anilines is 2. The van der Waals surface area contributed by atoms with E-state index in [9.17, 15) is 0 Å². The standard InChI is InChI=1S/C28H35N3O/c1-5-30(6-2)23-18-16-22(17-19-23)12-8-7-9-15-26-28(3,4)24-13-10-11-14-25(24)31(26)27-29-20-21-32-27/h7-8,10-19,26-27,29H,5-6,20-21H2,1-4H3/t9?,26?,27-/m1/s1. The lowest BCUT2D eigenvalue weighted by molar-refractivity contribution is 0.0916. The highest BCUT2D eigenvalue weighted by Crippen LogP contribution is 2.46. The lowest BCUT2D eigenvalue weighted by Gasteiger charge is -2.35. The lowest BCUT2D eigenvalue weighted by Crippen LogP contribution is -2.50. The summed E-state index contributed by atoms with van der Waals surface area (Å²) < 4.78 is 5.98. The predicted molar refractivity (Wildman–Crippen MR) is 135 cm³/mol. The number of para-hydroxylation sites is 1. The lowest BCUT2D eigenvalue weighted by atomic mass is 9.80. The third kappa shape index (κ3) is 4.40. The van der Waals surface area contributed by atoms with E-state index in [-0.39, 0.29) is 17.8 Å². The Morgan fingerprint density at radius 1 is 1.12 bits per heavy atom. The van der Waals surface area contributed by atoms with Gasteiger partial charge in [-0.25, -0.2) is 0 Å². The molecule has 0 spiro atoms. The van der Waals surface area contributed by atoms with E-state index in [2.05, 4.69) is 115 Å². The summed E-state index contributed by atoms with van der Waals surface area (Å²) in [6.07, 6.45) is 8.27. The van der Waals surface area contributed by atoms with Crippen LogP contribution in [-0.4, -0.2) is 38.6 Å². The van der Waals surface area contributed by atoms with Crippen molar-refractivity contribution in [1.82, 2.24) is 5.32 Å². The molecule has 0 radical (unpaired) electrons. The molecule has 1 saturated heterocycles. The summed E-state index contributed by atoms with van der Waals surface area (Å²) in [6.45, 7) is 12.7. The molecule has 2 aromatic rings. The van der Waals surface area contributed by atoms with Gasteiger partial charge < -0.3 is 14.5 Å². The molecule has 0 bridgehead atoms. The molecule has 0 saturated carbocycles. The van der Waals surface area contributed by atoms with E-state index in [0.29, 0.717) is 0 Å². The van der Waals surface area contributed by atoms with Gasteiger partial charge in [0.25, 0.3) is 0 Å². The average molecular weight is 430 g/mol. The highest BCUT2D eigenvalue weighted by atomic mass is 16.5. The van der Waals surface area contributed by atoms with Crippen LogP contribution in [0.2, 0.25) is 0 Å². The molecule has 32 heavy (non-hydrogen) atoms. The normalized spacial score (nSPS) is 21.4. The van der Waals surface area contributed by atoms with Gasteiger partial charge in [-0.2, -0.15) is 0 Å². The zero-order chi connectivity index (χ0) is 22.6. The smallest absolute Gasteiger partial charge is 0.187 e. The van der Waals surface area contributed by atoms with Gasteiger partial charge in [0.15, 0.2) is 6.35 Å². The van der Waals surface area contributed by atoms with Crippen molar-refractivity contribution in [2.24, 2.45) is 0 Å². The Bertz CT molecular complexity index is 992. The molecule has 0 aliphatic carbocycles. The molecule has 0 aromatic heterocycles. The van der Waals surface area contributed by atoms with Gasteiger partial charge in [-0.15, -0.1) is 5.73 Å². The molecule has 2 aliphatic rings. The molecule has 1 unspecified atom stereocenters. The molecular weight excluding hydrogens is 394 g/mol. The quantitative estimate of drug-likeness (QED) is 0.476. The first-order valence-corrected chi connectivity index (χ1v) is 11.7. The van der Waals surface area contributed by atoms with Gasteiger partial charge in [-0.3, -0.25) is 5.32 Å². The van der Waals surface area contributed by atoms with Crippen LogP contribution in [0, 0.1) is 0 Å². The van der Waals surface area contributed by atoms with Crippen molar-refractivity contribution >= 4 is 17.5 Å². The molecule has 168 valence electrons. The van der Waals surface area contributed by atoms with Crippen molar-refractivity contribution in [3.8, 4) is 0 Å². The van der Waals surface area contributed by atoms with Crippen molar-refractivity contribution in [3.05, 3.63) is 83.6 Å². The summed E-state index contributed by atoms with van der Waals surface area (Å²) in [5, 5.41) is 3.48. The number of benzene rings is 2. The Balaban J connectivity index is 1.51. The summed E-state index contributed by atoms with van der Waals surface area (Å²) >= 11 is 0. The molecule has 0 amide bonds. The fourth-order valence-electron chi connectivity index (χ4n) is 4.80. The highest BCUT2D eigenvalue weighted by molar-refractivity contribution is 5.65. The molecule has 4 nitrogen and oxygen atoms in total. The maximum atomic E-state index is 5.98. The fourth-order valence-corrected chi connectivity index (χ4v) is 4.80. The second-order valence-electron chi connectivity index (χ2n) is 8.89. The van der Waals surface area contributed by atoms with E-state index in [1.807, 2.05) is 6.08 Å². The number of nitrogens with one attached hydrogen (secondary N) is 1. The minimum Gasteiger partial charge on any atom is -0.372 e. The Kier molecular flexibility index (Phi) is 6.86. The van der Waals surface area contributed by atoms with E-state index >= 15 is 0 Å². The molecular formula is C28H35N3O. The monoisotopic (exact) mass is 429 g/mol. The van der Waals surface area contributed by atoms with Crippen LogP contribution in [0.15, 0.2) is 72.5 Å². The predicted octanol–water partition coefficient (Wildman–Crippen LogP) is 5.33. The maximum Gasteiger partial charge on any atom is 0.187 e. The fraction of sp³-hybridized carbons (Fsp3) is 0.393. The zero-order valence-corrected chi connectivity index (χ0v) is 19.7. The Hall–Kier alpha value is -2.78. The first-order valence-electron chi connectivity index (χ1n) is 11.7. The summed E-state index contributed by atoms with van der Waals surface area (Å²) in [4.78, 5) is 4.71. The van der Waals surface area contributed by atoms with Gasteiger partial charge >= 0.3 is 0 Å². The van der Waals surface area contributed by atoms with E-state index in [1.54, 1.807) is 0 Å². The van der Waals surface area contributed by atoms with Crippen LogP contribution < -0.4 is 15.1 Å². The van der Waals surface area contributed by atoms with E-state index in [1.165, 1.54) is 22.5 Å². The maximum absolute atomic E-state index is 5.98. The van der Waals surface area contributed by atoms with Gasteiger partial charge in [0.2, 0.25) is 0 Å². The summed E-state index contributed by atoms with van der Waals surface area (Å²) in [7, 11) is 0. The topological polar surface area (TPSA) is 27.7 Å².